The molecule has 2 aromatic rings. The SMILES string of the molecule is O=C(c1cn[nH]n1)c1c(F)cccc1Cl. The van der Waals surface area contributed by atoms with Gasteiger partial charge in [0.15, 0.2) is 5.69 Å². The van der Waals surface area contributed by atoms with E-state index in [0.717, 1.165) is 0 Å². The highest BCUT2D eigenvalue weighted by molar-refractivity contribution is 6.34. The van der Waals surface area contributed by atoms with Crippen LogP contribution < -0.4 is 0 Å². The predicted molar refractivity (Wildman–Crippen MR) is 51.2 cm³/mol. The van der Waals surface area contributed by atoms with Crippen molar-refractivity contribution in [2.75, 3.05) is 0 Å². The van der Waals surface area contributed by atoms with E-state index in [1.165, 1.54) is 24.4 Å². The maximum atomic E-state index is 13.3. The molecule has 1 aromatic heterocycles. The minimum absolute atomic E-state index is 0.0296. The van der Waals surface area contributed by atoms with E-state index >= 15 is 0 Å². The molecule has 0 radical (unpaired) electrons. The van der Waals surface area contributed by atoms with Gasteiger partial charge in [-0.05, 0) is 12.1 Å². The van der Waals surface area contributed by atoms with Crippen molar-refractivity contribution in [2.45, 2.75) is 0 Å². The van der Waals surface area contributed by atoms with Gasteiger partial charge in [-0.1, -0.05) is 17.7 Å². The van der Waals surface area contributed by atoms with Crippen molar-refractivity contribution >= 4 is 17.4 Å². The third-order valence-corrected chi connectivity index (χ3v) is 2.15. The summed E-state index contributed by atoms with van der Waals surface area (Å²) in [4.78, 5) is 11.7. The molecule has 0 aliphatic heterocycles. The summed E-state index contributed by atoms with van der Waals surface area (Å²) in [6, 6.07) is 4.04. The molecule has 0 aliphatic rings. The zero-order valence-electron chi connectivity index (χ0n) is 7.37. The molecular formula is C9H5ClFN3O. The van der Waals surface area contributed by atoms with Crippen molar-refractivity contribution in [1.29, 1.82) is 0 Å². The van der Waals surface area contributed by atoms with Crippen molar-refractivity contribution in [1.82, 2.24) is 15.4 Å². The van der Waals surface area contributed by atoms with Crippen LogP contribution in [0.15, 0.2) is 24.4 Å². The van der Waals surface area contributed by atoms with Gasteiger partial charge < -0.3 is 0 Å². The topological polar surface area (TPSA) is 58.6 Å². The first-order valence-electron chi connectivity index (χ1n) is 4.04. The van der Waals surface area contributed by atoms with E-state index < -0.39 is 11.6 Å². The fourth-order valence-electron chi connectivity index (χ4n) is 1.15. The van der Waals surface area contributed by atoms with E-state index in [2.05, 4.69) is 15.4 Å². The molecule has 1 heterocycles. The normalized spacial score (nSPS) is 10.3. The summed E-state index contributed by atoms with van der Waals surface area (Å²) in [5.41, 5.74) is -0.157. The first-order chi connectivity index (χ1) is 7.20. The molecule has 0 unspecified atom stereocenters. The standard InChI is InChI=1S/C9H5ClFN3O/c10-5-2-1-3-6(11)8(5)9(15)7-4-12-14-13-7/h1-4H,(H,12,13,14). The van der Waals surface area contributed by atoms with Crippen LogP contribution in [0.3, 0.4) is 0 Å². The molecule has 1 aromatic carbocycles. The Morgan fingerprint density at radius 2 is 2.27 bits per heavy atom. The Morgan fingerprint density at radius 1 is 1.47 bits per heavy atom. The number of carbonyl (C=O) groups is 1. The molecule has 0 atom stereocenters. The molecule has 0 bridgehead atoms. The first kappa shape index (κ1) is 9.79. The molecule has 0 fully saturated rings. The molecule has 76 valence electrons. The lowest BCUT2D eigenvalue weighted by molar-refractivity contribution is 0.103. The molecule has 0 amide bonds. The number of aromatic amines is 1. The molecule has 0 aliphatic carbocycles. The quantitative estimate of drug-likeness (QED) is 0.794. The fraction of sp³-hybridized carbons (Fsp3) is 0. The van der Waals surface area contributed by atoms with Gasteiger partial charge in [-0.25, -0.2) is 4.39 Å². The van der Waals surface area contributed by atoms with Crippen LogP contribution in [0.4, 0.5) is 4.39 Å². The predicted octanol–water partition coefficient (Wildman–Crippen LogP) is 1.83. The van der Waals surface area contributed by atoms with Gasteiger partial charge >= 0.3 is 0 Å². The Morgan fingerprint density at radius 3 is 2.87 bits per heavy atom. The number of benzene rings is 1. The smallest absolute Gasteiger partial charge is 0.219 e. The number of carbonyl (C=O) groups excluding carboxylic acids is 1. The maximum absolute atomic E-state index is 13.3. The van der Waals surface area contributed by atoms with E-state index in [0.29, 0.717) is 0 Å². The zero-order chi connectivity index (χ0) is 10.8. The van der Waals surface area contributed by atoms with Crippen LogP contribution in [0.5, 0.6) is 0 Å². The Hall–Kier alpha value is -1.75. The lowest BCUT2D eigenvalue weighted by Gasteiger charge is -2.01. The lowest BCUT2D eigenvalue weighted by Crippen LogP contribution is -2.05. The zero-order valence-corrected chi connectivity index (χ0v) is 8.12. The van der Waals surface area contributed by atoms with Crippen LogP contribution in [-0.2, 0) is 0 Å². The fourth-order valence-corrected chi connectivity index (χ4v) is 1.40. The second kappa shape index (κ2) is 3.78. The van der Waals surface area contributed by atoms with Gasteiger partial charge in [-0.15, -0.1) is 0 Å². The van der Waals surface area contributed by atoms with Gasteiger partial charge in [0.2, 0.25) is 5.78 Å². The summed E-state index contributed by atoms with van der Waals surface area (Å²) >= 11 is 5.72. The summed E-state index contributed by atoms with van der Waals surface area (Å²) in [6.45, 7) is 0. The third-order valence-electron chi connectivity index (χ3n) is 1.84. The minimum Gasteiger partial charge on any atom is -0.287 e. The molecule has 2 rings (SSSR count). The van der Waals surface area contributed by atoms with Gasteiger partial charge in [0.25, 0.3) is 0 Å². The molecule has 4 nitrogen and oxygen atoms in total. The number of H-pyrrole nitrogens is 1. The lowest BCUT2D eigenvalue weighted by atomic mass is 10.1. The van der Waals surface area contributed by atoms with Crippen molar-refractivity contribution in [3.8, 4) is 0 Å². The van der Waals surface area contributed by atoms with Crippen LogP contribution in [0, 0.1) is 5.82 Å². The number of nitrogens with zero attached hydrogens (tertiary/aromatic N) is 2. The Labute approximate surface area is 89.1 Å². The summed E-state index contributed by atoms with van der Waals surface area (Å²) in [7, 11) is 0. The Bertz CT molecular complexity index is 478. The minimum atomic E-state index is -0.671. The maximum Gasteiger partial charge on any atom is 0.219 e. The largest absolute Gasteiger partial charge is 0.287 e. The Balaban J connectivity index is 2.51. The number of ketones is 1. The van der Waals surface area contributed by atoms with E-state index in [1.807, 2.05) is 0 Å². The third kappa shape index (κ3) is 1.73. The van der Waals surface area contributed by atoms with Gasteiger partial charge in [-0.2, -0.15) is 15.4 Å². The number of hydrogen-bond acceptors (Lipinski definition) is 3. The number of halogens is 2. The molecule has 0 spiro atoms. The van der Waals surface area contributed by atoms with Crippen molar-refractivity contribution in [2.24, 2.45) is 0 Å². The summed E-state index contributed by atoms with van der Waals surface area (Å²) in [5, 5.41) is 9.36. The average molecular weight is 226 g/mol. The monoisotopic (exact) mass is 225 g/mol. The molecular weight excluding hydrogens is 221 g/mol. The van der Waals surface area contributed by atoms with Gasteiger partial charge in [0.05, 0.1) is 16.8 Å². The van der Waals surface area contributed by atoms with Gasteiger partial charge in [0.1, 0.15) is 5.82 Å². The molecule has 1 N–H and O–H groups in total. The Kier molecular flexibility index (Phi) is 2.47. The molecule has 15 heavy (non-hydrogen) atoms. The number of nitrogens with one attached hydrogen (secondary N) is 1. The molecule has 0 saturated heterocycles. The highest BCUT2D eigenvalue weighted by Crippen LogP contribution is 2.21. The van der Waals surface area contributed by atoms with Crippen molar-refractivity contribution in [3.63, 3.8) is 0 Å². The van der Waals surface area contributed by atoms with Gasteiger partial charge in [0, 0.05) is 0 Å². The highest BCUT2D eigenvalue weighted by Gasteiger charge is 2.19. The van der Waals surface area contributed by atoms with E-state index in [9.17, 15) is 9.18 Å². The molecule has 6 heteroatoms. The summed E-state index contributed by atoms with van der Waals surface area (Å²) < 4.78 is 13.3. The van der Waals surface area contributed by atoms with Crippen LogP contribution in [0.1, 0.15) is 16.1 Å². The number of rotatable bonds is 2. The molecule has 0 saturated carbocycles. The number of aromatic nitrogens is 3. The summed E-state index contributed by atoms with van der Waals surface area (Å²) in [5.74, 6) is -1.26. The summed E-state index contributed by atoms with van der Waals surface area (Å²) in [6.07, 6.45) is 1.21. The van der Waals surface area contributed by atoms with Crippen molar-refractivity contribution in [3.05, 3.63) is 46.5 Å². The van der Waals surface area contributed by atoms with E-state index in [4.69, 9.17) is 11.6 Å². The second-order valence-electron chi connectivity index (χ2n) is 2.78. The highest BCUT2D eigenvalue weighted by atomic mass is 35.5. The van der Waals surface area contributed by atoms with Crippen LogP contribution >= 0.6 is 11.6 Å². The van der Waals surface area contributed by atoms with Crippen molar-refractivity contribution < 1.29 is 9.18 Å². The number of hydrogen-bond donors (Lipinski definition) is 1. The second-order valence-corrected chi connectivity index (χ2v) is 3.19. The van der Waals surface area contributed by atoms with E-state index in [-0.39, 0.29) is 16.3 Å². The first-order valence-corrected chi connectivity index (χ1v) is 4.42. The van der Waals surface area contributed by atoms with Crippen LogP contribution in [0.2, 0.25) is 5.02 Å². The van der Waals surface area contributed by atoms with Gasteiger partial charge in [-0.3, -0.25) is 4.79 Å². The van der Waals surface area contributed by atoms with Crippen LogP contribution in [-0.4, -0.2) is 21.2 Å². The average Bonchev–Trinajstić information content (AvgIpc) is 2.69. The van der Waals surface area contributed by atoms with E-state index in [1.54, 1.807) is 0 Å². The van der Waals surface area contributed by atoms with Crippen LogP contribution in [0.25, 0.3) is 0 Å².